The molecule has 1 aliphatic carbocycles. The van der Waals surface area contributed by atoms with Crippen LogP contribution in [0.4, 0.5) is 0 Å². The fourth-order valence-corrected chi connectivity index (χ4v) is 1.54. The summed E-state index contributed by atoms with van der Waals surface area (Å²) >= 11 is 0. The van der Waals surface area contributed by atoms with Crippen molar-refractivity contribution in [1.29, 1.82) is 0 Å². The Bertz CT molecular complexity index is 90.3. The van der Waals surface area contributed by atoms with Gasteiger partial charge >= 0.3 is 0 Å². The summed E-state index contributed by atoms with van der Waals surface area (Å²) in [7, 11) is 0. The van der Waals surface area contributed by atoms with E-state index in [9.17, 15) is 0 Å². The molecule has 0 unspecified atom stereocenters. The van der Waals surface area contributed by atoms with E-state index in [2.05, 4.69) is 13.8 Å². The molecule has 1 heteroatoms. The van der Waals surface area contributed by atoms with Crippen LogP contribution in [0.15, 0.2) is 0 Å². The van der Waals surface area contributed by atoms with Gasteiger partial charge in [0.2, 0.25) is 0 Å². The maximum absolute atomic E-state index is 5.67. The maximum atomic E-state index is 5.67. The summed E-state index contributed by atoms with van der Waals surface area (Å²) in [4.78, 5) is 0. The van der Waals surface area contributed by atoms with E-state index in [-0.39, 0.29) is 0 Å². The van der Waals surface area contributed by atoms with Gasteiger partial charge in [-0.15, -0.1) is 0 Å². The van der Waals surface area contributed by atoms with Crippen molar-refractivity contribution in [2.24, 2.45) is 0 Å². The third kappa shape index (κ3) is 3.24. The van der Waals surface area contributed by atoms with Crippen molar-refractivity contribution in [3.8, 4) is 0 Å². The van der Waals surface area contributed by atoms with E-state index in [1.165, 1.54) is 25.7 Å². The minimum atomic E-state index is 0.568. The summed E-state index contributed by atoms with van der Waals surface area (Å²) in [5, 5.41) is 0. The molecule has 0 atom stereocenters. The lowest BCUT2D eigenvalue weighted by Gasteiger charge is -2.25. The molecule has 0 aromatic heterocycles. The summed E-state index contributed by atoms with van der Waals surface area (Å²) in [5.74, 6) is 1.65. The zero-order valence-electron chi connectivity index (χ0n) is 7.73. The van der Waals surface area contributed by atoms with Crippen LogP contribution in [-0.4, -0.2) is 12.7 Å². The lowest BCUT2D eigenvalue weighted by molar-refractivity contribution is 0.0324. The number of rotatable bonds is 3. The highest BCUT2D eigenvalue weighted by Gasteiger charge is 2.18. The summed E-state index contributed by atoms with van der Waals surface area (Å²) in [5.41, 5.74) is 0. The minimum Gasteiger partial charge on any atom is -0.378 e. The predicted molar refractivity (Wildman–Crippen MR) is 47.4 cm³/mol. The second kappa shape index (κ2) is 4.76. The largest absolute Gasteiger partial charge is 0.378 e. The Morgan fingerprint density at radius 2 is 2.00 bits per heavy atom. The summed E-state index contributed by atoms with van der Waals surface area (Å²) < 4.78 is 5.67. The van der Waals surface area contributed by atoms with Crippen molar-refractivity contribution < 1.29 is 4.74 Å². The van der Waals surface area contributed by atoms with Crippen molar-refractivity contribution in [2.45, 2.75) is 52.1 Å². The Morgan fingerprint density at radius 1 is 1.36 bits per heavy atom. The second-order valence-electron chi connectivity index (χ2n) is 3.53. The van der Waals surface area contributed by atoms with Gasteiger partial charge in [0.05, 0.1) is 6.10 Å². The zero-order chi connectivity index (χ0) is 8.10. The van der Waals surface area contributed by atoms with E-state index in [1.54, 1.807) is 5.92 Å². The van der Waals surface area contributed by atoms with Gasteiger partial charge in [-0.1, -0.05) is 13.8 Å². The molecule has 1 radical (unpaired) electrons. The van der Waals surface area contributed by atoms with Crippen molar-refractivity contribution in [2.75, 3.05) is 6.61 Å². The van der Waals surface area contributed by atoms with Crippen molar-refractivity contribution in [3.63, 3.8) is 0 Å². The van der Waals surface area contributed by atoms with Crippen molar-refractivity contribution >= 4 is 0 Å². The van der Waals surface area contributed by atoms with Crippen LogP contribution in [0.1, 0.15) is 46.0 Å². The van der Waals surface area contributed by atoms with Gasteiger partial charge in [-0.25, -0.2) is 0 Å². The Balaban J connectivity index is 2.07. The third-order valence-electron chi connectivity index (χ3n) is 2.34. The highest BCUT2D eigenvalue weighted by atomic mass is 16.5. The quantitative estimate of drug-likeness (QED) is 0.609. The Hall–Kier alpha value is -0.0400. The van der Waals surface area contributed by atoms with E-state index >= 15 is 0 Å². The molecule has 11 heavy (non-hydrogen) atoms. The molecule has 0 aromatic rings. The fraction of sp³-hybridized carbons (Fsp3) is 0.900. The van der Waals surface area contributed by atoms with Crippen LogP contribution in [0, 0.1) is 5.92 Å². The van der Waals surface area contributed by atoms with Gasteiger partial charge in [0.25, 0.3) is 0 Å². The molecule has 1 aliphatic rings. The average molecular weight is 155 g/mol. The lowest BCUT2D eigenvalue weighted by atomic mass is 9.89. The molecule has 1 nitrogen and oxygen atoms in total. The van der Waals surface area contributed by atoms with Gasteiger partial charge < -0.3 is 4.74 Å². The summed E-state index contributed by atoms with van der Waals surface area (Å²) in [6, 6.07) is 0. The number of hydrogen-bond donors (Lipinski definition) is 0. The zero-order valence-corrected chi connectivity index (χ0v) is 7.73. The molecule has 0 saturated heterocycles. The van der Waals surface area contributed by atoms with E-state index < -0.39 is 0 Å². The molecular formula is C10H19O. The Morgan fingerprint density at radius 3 is 2.55 bits per heavy atom. The van der Waals surface area contributed by atoms with Crippen LogP contribution in [-0.2, 0) is 4.74 Å². The molecule has 0 heterocycles. The van der Waals surface area contributed by atoms with Crippen LogP contribution < -0.4 is 0 Å². The van der Waals surface area contributed by atoms with Gasteiger partial charge in [0.15, 0.2) is 0 Å². The normalized spacial score (nSPS) is 22.4. The molecule has 1 rings (SSSR count). The molecule has 65 valence electrons. The van der Waals surface area contributed by atoms with Crippen molar-refractivity contribution in [3.05, 3.63) is 5.92 Å². The minimum absolute atomic E-state index is 0.568. The first kappa shape index (κ1) is 9.05. The topological polar surface area (TPSA) is 9.23 Å². The first-order valence-corrected chi connectivity index (χ1v) is 4.76. The van der Waals surface area contributed by atoms with E-state index in [0.717, 1.165) is 13.0 Å². The molecule has 0 aliphatic heterocycles. The smallest absolute Gasteiger partial charge is 0.0575 e. The lowest BCUT2D eigenvalue weighted by Crippen LogP contribution is -2.19. The maximum Gasteiger partial charge on any atom is 0.0575 e. The van der Waals surface area contributed by atoms with Gasteiger partial charge in [0, 0.05) is 6.61 Å². The Labute approximate surface area is 70.1 Å². The Kier molecular flexibility index (Phi) is 3.92. The summed E-state index contributed by atoms with van der Waals surface area (Å²) in [6.07, 6.45) is 6.80. The van der Waals surface area contributed by atoms with Crippen molar-refractivity contribution in [1.82, 2.24) is 0 Å². The second-order valence-corrected chi connectivity index (χ2v) is 3.53. The highest BCUT2D eigenvalue weighted by Crippen LogP contribution is 2.26. The first-order valence-electron chi connectivity index (χ1n) is 4.76. The molecular weight excluding hydrogens is 136 g/mol. The number of ether oxygens (including phenoxy) is 1. The van der Waals surface area contributed by atoms with E-state index in [1.807, 2.05) is 0 Å². The fourth-order valence-electron chi connectivity index (χ4n) is 1.54. The van der Waals surface area contributed by atoms with Gasteiger partial charge in [-0.3, -0.25) is 0 Å². The van der Waals surface area contributed by atoms with Crippen LogP contribution in [0.2, 0.25) is 0 Å². The first-order chi connectivity index (χ1) is 5.33. The molecule has 1 saturated carbocycles. The van der Waals surface area contributed by atoms with E-state index in [4.69, 9.17) is 4.74 Å². The van der Waals surface area contributed by atoms with Crippen LogP contribution in [0.25, 0.3) is 0 Å². The highest BCUT2D eigenvalue weighted by molar-refractivity contribution is 4.90. The summed E-state index contributed by atoms with van der Waals surface area (Å²) in [6.45, 7) is 5.37. The molecule has 1 fully saturated rings. The molecule has 0 amide bonds. The SMILES string of the molecule is CCCOC1CC[C](C)CC1. The monoisotopic (exact) mass is 155 g/mol. The molecule has 0 N–H and O–H groups in total. The van der Waals surface area contributed by atoms with Crippen LogP contribution in [0.5, 0.6) is 0 Å². The standard InChI is InChI=1S/C10H19O/c1-3-8-11-10-6-4-9(2)5-7-10/h10H,3-8H2,1-2H3. The van der Waals surface area contributed by atoms with Gasteiger partial charge in [-0.2, -0.15) is 0 Å². The van der Waals surface area contributed by atoms with E-state index in [0.29, 0.717) is 6.10 Å². The molecule has 0 spiro atoms. The molecule has 0 bridgehead atoms. The van der Waals surface area contributed by atoms with Crippen LogP contribution >= 0.6 is 0 Å². The predicted octanol–water partition coefficient (Wildman–Crippen LogP) is 2.95. The average Bonchev–Trinajstić information content (AvgIpc) is 2.04. The van der Waals surface area contributed by atoms with Gasteiger partial charge in [-0.05, 0) is 38.0 Å². The number of hydrogen-bond acceptors (Lipinski definition) is 1. The van der Waals surface area contributed by atoms with Gasteiger partial charge in [0.1, 0.15) is 0 Å². The molecule has 0 aromatic carbocycles. The van der Waals surface area contributed by atoms with Crippen LogP contribution in [0.3, 0.4) is 0 Å². The third-order valence-corrected chi connectivity index (χ3v) is 2.34.